The number of nitrogens with one attached hydrogen (secondary N) is 1. The Hall–Kier alpha value is -2.01. The van der Waals surface area contributed by atoms with Gasteiger partial charge in [0.2, 0.25) is 5.82 Å². The van der Waals surface area contributed by atoms with Gasteiger partial charge in [0.05, 0.1) is 10.7 Å². The lowest BCUT2D eigenvalue weighted by atomic mass is 10.1. The second-order valence-electron chi connectivity index (χ2n) is 4.59. The summed E-state index contributed by atoms with van der Waals surface area (Å²) in [7, 11) is 0. The van der Waals surface area contributed by atoms with Crippen LogP contribution in [0.5, 0.6) is 0 Å². The van der Waals surface area contributed by atoms with E-state index in [4.69, 9.17) is 11.6 Å². The first-order chi connectivity index (χ1) is 11.9. The molecule has 0 atom stereocenters. The number of alkyl halides is 3. The highest BCUT2D eigenvalue weighted by atomic mass is 35.5. The van der Waals surface area contributed by atoms with E-state index in [0.29, 0.717) is 0 Å². The fourth-order valence-corrected chi connectivity index (χ4v) is 2.53. The Morgan fingerprint density at radius 2 is 1.42 bits per heavy atom. The topological polar surface area (TPSA) is 29.1 Å². The van der Waals surface area contributed by atoms with E-state index < -0.39 is 68.4 Å². The highest BCUT2D eigenvalue weighted by molar-refractivity contribution is 8.00. The van der Waals surface area contributed by atoms with Crippen LogP contribution in [0.3, 0.4) is 0 Å². The number of anilines is 1. The zero-order chi connectivity index (χ0) is 19.8. The molecular formula is C14H4ClF8NOS. The van der Waals surface area contributed by atoms with Crippen molar-refractivity contribution in [2.45, 2.75) is 10.4 Å². The highest BCUT2D eigenvalue weighted by Gasteiger charge is 2.31. The molecule has 0 aliphatic heterocycles. The van der Waals surface area contributed by atoms with E-state index in [-0.39, 0.29) is 5.02 Å². The number of carbonyl (C=O) groups excluding carboxylic acids is 1. The van der Waals surface area contributed by atoms with Gasteiger partial charge in [0.25, 0.3) is 5.91 Å². The van der Waals surface area contributed by atoms with E-state index in [1.54, 1.807) is 5.32 Å². The van der Waals surface area contributed by atoms with Crippen molar-refractivity contribution in [3.8, 4) is 0 Å². The highest BCUT2D eigenvalue weighted by Crippen LogP contribution is 2.39. The third kappa shape index (κ3) is 4.21. The summed E-state index contributed by atoms with van der Waals surface area (Å²) in [5.41, 5.74) is -6.99. The van der Waals surface area contributed by atoms with Gasteiger partial charge in [-0.05, 0) is 30.0 Å². The summed E-state index contributed by atoms with van der Waals surface area (Å²) in [6.07, 6.45) is 0. The first-order valence-electron chi connectivity index (χ1n) is 6.30. The van der Waals surface area contributed by atoms with Gasteiger partial charge in [-0.15, -0.1) is 0 Å². The van der Waals surface area contributed by atoms with Crippen molar-refractivity contribution in [1.82, 2.24) is 0 Å². The molecule has 0 spiro atoms. The zero-order valence-electron chi connectivity index (χ0n) is 12.0. The van der Waals surface area contributed by atoms with Crippen molar-refractivity contribution >= 4 is 35.0 Å². The van der Waals surface area contributed by atoms with Gasteiger partial charge in [-0.3, -0.25) is 4.79 Å². The van der Waals surface area contributed by atoms with Crippen LogP contribution < -0.4 is 5.32 Å². The lowest BCUT2D eigenvalue weighted by Crippen LogP contribution is -2.19. The van der Waals surface area contributed by atoms with Gasteiger partial charge in [-0.1, -0.05) is 11.6 Å². The third-order valence-corrected chi connectivity index (χ3v) is 3.91. The first-order valence-corrected chi connectivity index (χ1v) is 7.50. The minimum absolute atomic E-state index is 0.325. The minimum Gasteiger partial charge on any atom is -0.320 e. The molecule has 12 heteroatoms. The van der Waals surface area contributed by atoms with E-state index >= 15 is 0 Å². The molecule has 2 rings (SSSR count). The quantitative estimate of drug-likeness (QED) is 0.289. The van der Waals surface area contributed by atoms with E-state index in [2.05, 4.69) is 0 Å². The number of amides is 1. The molecule has 2 aromatic rings. The monoisotopic (exact) mass is 421 g/mol. The number of benzene rings is 2. The normalized spacial score (nSPS) is 11.6. The van der Waals surface area contributed by atoms with Gasteiger partial charge in [0.15, 0.2) is 23.3 Å². The Kier molecular flexibility index (Phi) is 5.71. The van der Waals surface area contributed by atoms with Gasteiger partial charge < -0.3 is 5.32 Å². The summed E-state index contributed by atoms with van der Waals surface area (Å²) >= 11 is 5.10. The van der Waals surface area contributed by atoms with Gasteiger partial charge in [0, 0.05) is 4.90 Å². The van der Waals surface area contributed by atoms with Gasteiger partial charge in [-0.25, -0.2) is 22.0 Å². The molecule has 0 aliphatic rings. The van der Waals surface area contributed by atoms with Crippen molar-refractivity contribution in [3.05, 3.63) is 57.9 Å². The average molecular weight is 422 g/mol. The Labute approximate surface area is 149 Å². The third-order valence-electron chi connectivity index (χ3n) is 2.86. The second-order valence-corrected chi connectivity index (χ2v) is 6.13. The van der Waals surface area contributed by atoms with Gasteiger partial charge >= 0.3 is 5.51 Å². The second kappa shape index (κ2) is 7.31. The molecule has 0 aliphatic carbocycles. The molecule has 1 N–H and O–H groups in total. The van der Waals surface area contributed by atoms with Gasteiger partial charge in [-0.2, -0.15) is 13.2 Å². The number of halogens is 9. The Bertz CT molecular complexity index is 857. The smallest absolute Gasteiger partial charge is 0.320 e. The average Bonchev–Trinajstić information content (AvgIpc) is 2.53. The van der Waals surface area contributed by atoms with Crippen LogP contribution in [0.25, 0.3) is 0 Å². The van der Waals surface area contributed by atoms with Gasteiger partial charge in [0.1, 0.15) is 5.56 Å². The van der Waals surface area contributed by atoms with Crippen LogP contribution in [0.4, 0.5) is 40.8 Å². The zero-order valence-corrected chi connectivity index (χ0v) is 13.5. The molecule has 0 saturated heterocycles. The fraction of sp³-hybridized carbons (Fsp3) is 0.0714. The van der Waals surface area contributed by atoms with E-state index in [1.165, 1.54) is 0 Å². The number of rotatable bonds is 3. The number of hydrogen-bond acceptors (Lipinski definition) is 2. The van der Waals surface area contributed by atoms with Crippen molar-refractivity contribution in [2.75, 3.05) is 5.32 Å². The molecule has 0 bridgehead atoms. The molecule has 2 aromatic carbocycles. The van der Waals surface area contributed by atoms with E-state index in [1.807, 2.05) is 0 Å². The Balaban J connectivity index is 2.41. The lowest BCUT2D eigenvalue weighted by Gasteiger charge is -2.12. The van der Waals surface area contributed by atoms with E-state index in [9.17, 15) is 39.9 Å². The predicted molar refractivity (Wildman–Crippen MR) is 77.5 cm³/mol. The lowest BCUT2D eigenvalue weighted by molar-refractivity contribution is -0.0328. The summed E-state index contributed by atoms with van der Waals surface area (Å²) < 4.78 is 103. The van der Waals surface area contributed by atoms with Crippen LogP contribution in [0.1, 0.15) is 10.4 Å². The molecule has 26 heavy (non-hydrogen) atoms. The molecule has 1 amide bonds. The standard InChI is InChI=1S/C14H4ClF8NOS/c15-5-2-1-4(26-14(21,22)23)3-6(5)24-13(25)7-8(16)10(18)12(20)11(19)9(7)17/h1-3H,(H,24,25). The minimum atomic E-state index is -4.67. The number of carbonyl (C=O) groups is 1. The maximum atomic E-state index is 13.6. The molecule has 0 unspecified atom stereocenters. The number of thioether (sulfide) groups is 1. The summed E-state index contributed by atoms with van der Waals surface area (Å²) in [5.74, 6) is -13.7. The molecule has 0 saturated carbocycles. The van der Waals surface area contributed by atoms with Crippen molar-refractivity contribution < 1.29 is 39.9 Å². The SMILES string of the molecule is O=C(Nc1cc(SC(F)(F)F)ccc1Cl)c1c(F)c(F)c(F)c(F)c1F. The van der Waals surface area contributed by atoms with Crippen LogP contribution in [0.15, 0.2) is 23.1 Å². The fourth-order valence-electron chi connectivity index (χ4n) is 1.79. The molecule has 2 nitrogen and oxygen atoms in total. The van der Waals surface area contributed by atoms with E-state index in [0.717, 1.165) is 18.2 Å². The molecule has 0 heterocycles. The Morgan fingerprint density at radius 1 is 0.923 bits per heavy atom. The molecule has 0 radical (unpaired) electrons. The van der Waals surface area contributed by atoms with Crippen molar-refractivity contribution in [2.24, 2.45) is 0 Å². The molecule has 0 fully saturated rings. The van der Waals surface area contributed by atoms with Crippen LogP contribution in [0, 0.1) is 29.1 Å². The summed E-state index contributed by atoms with van der Waals surface area (Å²) in [4.78, 5) is 11.5. The van der Waals surface area contributed by atoms with Crippen LogP contribution in [-0.2, 0) is 0 Å². The Morgan fingerprint density at radius 3 is 1.92 bits per heavy atom. The maximum absolute atomic E-state index is 13.6. The summed E-state index contributed by atoms with van der Waals surface area (Å²) in [5, 5.41) is 1.40. The molecule has 0 aromatic heterocycles. The van der Waals surface area contributed by atoms with Crippen molar-refractivity contribution in [1.29, 1.82) is 0 Å². The van der Waals surface area contributed by atoms with Crippen LogP contribution >= 0.6 is 23.4 Å². The van der Waals surface area contributed by atoms with Crippen LogP contribution in [-0.4, -0.2) is 11.4 Å². The van der Waals surface area contributed by atoms with Crippen LogP contribution in [0.2, 0.25) is 5.02 Å². The summed E-state index contributed by atoms with van der Waals surface area (Å²) in [6, 6.07) is 2.63. The predicted octanol–water partition coefficient (Wildman–Crippen LogP) is 5.90. The maximum Gasteiger partial charge on any atom is 0.446 e. The first kappa shape index (κ1) is 20.3. The van der Waals surface area contributed by atoms with Crippen molar-refractivity contribution in [3.63, 3.8) is 0 Å². The summed E-state index contributed by atoms with van der Waals surface area (Å²) in [6.45, 7) is 0. The largest absolute Gasteiger partial charge is 0.446 e. The molecular weight excluding hydrogens is 418 g/mol. The number of hydrogen-bond donors (Lipinski definition) is 1. The molecule has 140 valence electrons.